The van der Waals surface area contributed by atoms with E-state index >= 15 is 0 Å². The van der Waals surface area contributed by atoms with Crippen LogP contribution in [0.5, 0.6) is 0 Å². The summed E-state index contributed by atoms with van der Waals surface area (Å²) in [6.07, 6.45) is 2.31. The molecule has 2 heterocycles. The lowest BCUT2D eigenvalue weighted by Gasteiger charge is -2.11. The van der Waals surface area contributed by atoms with Gasteiger partial charge in [-0.05, 0) is 11.6 Å². The van der Waals surface area contributed by atoms with Crippen molar-refractivity contribution in [3.05, 3.63) is 34.2 Å². The minimum Gasteiger partial charge on any atom is -0.343 e. The number of amides is 1. The monoisotopic (exact) mass is 217 g/mol. The molecule has 1 aliphatic heterocycles. The van der Waals surface area contributed by atoms with E-state index < -0.39 is 0 Å². The van der Waals surface area contributed by atoms with Gasteiger partial charge >= 0.3 is 0 Å². The molecule has 1 aromatic heterocycles. The Labute approximate surface area is 92.3 Å². The predicted molar refractivity (Wildman–Crippen MR) is 56.5 cm³/mol. The van der Waals surface area contributed by atoms with Crippen molar-refractivity contribution in [1.82, 2.24) is 9.88 Å². The van der Waals surface area contributed by atoms with Crippen molar-refractivity contribution in [2.75, 3.05) is 13.1 Å². The van der Waals surface area contributed by atoms with E-state index in [0.29, 0.717) is 13.1 Å². The zero-order chi connectivity index (χ0) is 11.5. The average molecular weight is 217 g/mol. The zero-order valence-corrected chi connectivity index (χ0v) is 8.59. The first kappa shape index (κ1) is 10.4. The molecule has 1 N–H and O–H groups in total. The molecule has 0 aromatic carbocycles. The van der Waals surface area contributed by atoms with Gasteiger partial charge < -0.3 is 9.88 Å². The zero-order valence-electron chi connectivity index (χ0n) is 8.59. The fourth-order valence-electron chi connectivity index (χ4n) is 2.08. The van der Waals surface area contributed by atoms with Crippen molar-refractivity contribution in [3.8, 4) is 6.07 Å². The van der Waals surface area contributed by atoms with Crippen LogP contribution in [-0.2, 0) is 4.79 Å². The number of nitrogens with zero attached hydrogens (tertiary/aromatic N) is 2. The van der Waals surface area contributed by atoms with Crippen LogP contribution in [-0.4, -0.2) is 29.4 Å². The van der Waals surface area contributed by atoms with Gasteiger partial charge in [-0.1, -0.05) is 0 Å². The van der Waals surface area contributed by atoms with Crippen molar-refractivity contribution in [1.29, 1.82) is 5.26 Å². The number of aromatic nitrogens is 1. The molecule has 2 rings (SSSR count). The molecule has 0 aliphatic carbocycles. The third-order valence-electron chi connectivity index (χ3n) is 2.89. The van der Waals surface area contributed by atoms with E-state index in [4.69, 9.17) is 5.26 Å². The van der Waals surface area contributed by atoms with Gasteiger partial charge in [-0.3, -0.25) is 9.59 Å². The maximum atomic E-state index is 11.2. The number of likely N-dealkylation sites (tertiary alicyclic amines) is 1. The van der Waals surface area contributed by atoms with E-state index in [9.17, 15) is 9.59 Å². The molecule has 1 fully saturated rings. The highest BCUT2D eigenvalue weighted by Crippen LogP contribution is 2.30. The summed E-state index contributed by atoms with van der Waals surface area (Å²) in [5.41, 5.74) is 0.637. The molecule has 1 saturated heterocycles. The average Bonchev–Trinajstić information content (AvgIpc) is 2.72. The molecule has 1 aromatic rings. The van der Waals surface area contributed by atoms with Gasteiger partial charge in [-0.25, -0.2) is 0 Å². The molecule has 1 amide bonds. The summed E-state index contributed by atoms with van der Waals surface area (Å²) in [5, 5.41) is 9.00. The molecular formula is C11H11N3O2. The van der Waals surface area contributed by atoms with Crippen LogP contribution in [0.2, 0.25) is 0 Å². The van der Waals surface area contributed by atoms with Gasteiger partial charge in [0.2, 0.25) is 12.0 Å². The van der Waals surface area contributed by atoms with Crippen molar-refractivity contribution in [2.45, 2.75) is 5.92 Å². The lowest BCUT2D eigenvalue weighted by Crippen LogP contribution is -2.18. The van der Waals surface area contributed by atoms with Crippen LogP contribution in [0.4, 0.5) is 0 Å². The van der Waals surface area contributed by atoms with Gasteiger partial charge in [0.05, 0.1) is 12.0 Å². The highest BCUT2D eigenvalue weighted by Gasteiger charge is 2.33. The predicted octanol–water partition coefficient (Wildman–Crippen LogP) is 0.0703. The minimum absolute atomic E-state index is 0.0579. The topological polar surface area (TPSA) is 77.0 Å². The fraction of sp³-hybridized carbons (Fsp3) is 0.364. The van der Waals surface area contributed by atoms with E-state index in [1.54, 1.807) is 17.2 Å². The lowest BCUT2D eigenvalue weighted by molar-refractivity contribution is -0.117. The van der Waals surface area contributed by atoms with Crippen LogP contribution in [0, 0.1) is 17.2 Å². The van der Waals surface area contributed by atoms with Crippen molar-refractivity contribution >= 4 is 6.41 Å². The van der Waals surface area contributed by atoms with Crippen LogP contribution >= 0.6 is 0 Å². The fourth-order valence-corrected chi connectivity index (χ4v) is 2.08. The molecule has 2 atom stereocenters. The molecule has 0 spiro atoms. The molecule has 82 valence electrons. The van der Waals surface area contributed by atoms with E-state index in [1.165, 1.54) is 6.07 Å². The number of H-pyrrole nitrogens is 1. The Morgan fingerprint density at radius 3 is 3.00 bits per heavy atom. The number of rotatable bonds is 2. The van der Waals surface area contributed by atoms with Crippen LogP contribution in [0.1, 0.15) is 11.5 Å². The summed E-state index contributed by atoms with van der Waals surface area (Å²) in [4.78, 5) is 25.9. The van der Waals surface area contributed by atoms with Crippen molar-refractivity contribution < 1.29 is 4.79 Å². The first-order chi connectivity index (χ1) is 7.74. The molecule has 1 unspecified atom stereocenters. The smallest absolute Gasteiger partial charge is 0.248 e. The number of pyridine rings is 1. The van der Waals surface area contributed by atoms with Gasteiger partial charge in [0.25, 0.3) is 0 Å². The quantitative estimate of drug-likeness (QED) is 0.712. The van der Waals surface area contributed by atoms with E-state index in [1.807, 2.05) is 0 Å². The van der Waals surface area contributed by atoms with Crippen molar-refractivity contribution in [3.63, 3.8) is 0 Å². The first-order valence-corrected chi connectivity index (χ1v) is 5.02. The van der Waals surface area contributed by atoms with Gasteiger partial charge in [-0.15, -0.1) is 0 Å². The Kier molecular flexibility index (Phi) is 2.73. The lowest BCUT2D eigenvalue weighted by atomic mass is 9.91. The standard InChI is InChI=1S/C11H11N3O2/c12-4-9-5-14(7-15)6-10(9)8-1-2-13-11(16)3-8/h1-3,7,9-10H,5-6H2,(H,13,16)/t9-,10?/m0/s1. The number of carbonyl (C=O) groups is 1. The second kappa shape index (κ2) is 4.19. The SMILES string of the molecule is N#C[C@H]1CN(C=O)CC1c1cc[nH]c(=O)c1. The Morgan fingerprint density at radius 1 is 1.56 bits per heavy atom. The Bertz CT molecular complexity index is 488. The van der Waals surface area contributed by atoms with Gasteiger partial charge in [0.15, 0.2) is 0 Å². The number of hydrogen-bond acceptors (Lipinski definition) is 3. The maximum Gasteiger partial charge on any atom is 0.248 e. The Balaban J connectivity index is 2.30. The highest BCUT2D eigenvalue weighted by molar-refractivity contribution is 5.49. The third kappa shape index (κ3) is 1.82. The molecule has 0 radical (unpaired) electrons. The number of aromatic amines is 1. The van der Waals surface area contributed by atoms with E-state index in [-0.39, 0.29) is 17.4 Å². The molecule has 5 heteroatoms. The largest absolute Gasteiger partial charge is 0.343 e. The number of carbonyl (C=O) groups excluding carboxylic acids is 1. The molecule has 0 saturated carbocycles. The minimum atomic E-state index is -0.230. The number of hydrogen-bond donors (Lipinski definition) is 1. The summed E-state index contributed by atoms with van der Waals surface area (Å²) in [6.45, 7) is 0.947. The van der Waals surface area contributed by atoms with Crippen molar-refractivity contribution in [2.24, 2.45) is 5.92 Å². The molecular weight excluding hydrogens is 206 g/mol. The normalized spacial score (nSPS) is 24.1. The summed E-state index contributed by atoms with van der Waals surface area (Å²) in [5.74, 6) is -0.288. The third-order valence-corrected chi connectivity index (χ3v) is 2.89. The summed E-state index contributed by atoms with van der Waals surface area (Å²) in [7, 11) is 0. The van der Waals surface area contributed by atoms with Gasteiger partial charge in [-0.2, -0.15) is 5.26 Å². The van der Waals surface area contributed by atoms with Crippen LogP contribution in [0.15, 0.2) is 23.1 Å². The maximum absolute atomic E-state index is 11.2. The Morgan fingerprint density at radius 2 is 2.38 bits per heavy atom. The molecule has 16 heavy (non-hydrogen) atoms. The summed E-state index contributed by atoms with van der Waals surface area (Å²) >= 11 is 0. The second-order valence-electron chi connectivity index (χ2n) is 3.89. The second-order valence-corrected chi connectivity index (χ2v) is 3.89. The van der Waals surface area contributed by atoms with Gasteiger partial charge in [0.1, 0.15) is 0 Å². The molecule has 5 nitrogen and oxygen atoms in total. The Hall–Kier alpha value is -2.09. The highest BCUT2D eigenvalue weighted by atomic mass is 16.1. The van der Waals surface area contributed by atoms with E-state index in [2.05, 4.69) is 11.1 Å². The molecule has 1 aliphatic rings. The van der Waals surface area contributed by atoms with E-state index in [0.717, 1.165) is 12.0 Å². The van der Waals surface area contributed by atoms with Crippen LogP contribution in [0.25, 0.3) is 0 Å². The first-order valence-electron chi connectivity index (χ1n) is 5.02. The number of nitriles is 1. The molecule has 0 bridgehead atoms. The van der Waals surface area contributed by atoms with Crippen LogP contribution in [0.3, 0.4) is 0 Å². The summed E-state index contributed by atoms with van der Waals surface area (Å²) < 4.78 is 0. The van der Waals surface area contributed by atoms with Gasteiger partial charge in [0, 0.05) is 31.3 Å². The number of nitrogens with one attached hydrogen (secondary N) is 1. The summed E-state index contributed by atoms with van der Waals surface area (Å²) in [6, 6.07) is 5.46. The van der Waals surface area contributed by atoms with Crippen LogP contribution < -0.4 is 5.56 Å².